The number of aliphatic hydroxyl groups is 1. The smallest absolute Gasteiger partial charge is 0.0981 e. The number of para-hydroxylation sites is 1. The molecule has 2 unspecified atom stereocenters. The molecule has 1 saturated heterocycles. The molecule has 100 valence electrons. The number of aliphatic hydroxyl groups excluding tert-OH is 1. The zero-order valence-electron chi connectivity index (χ0n) is 11.0. The summed E-state index contributed by atoms with van der Waals surface area (Å²) in [4.78, 5) is 6.69. The molecule has 0 radical (unpaired) electrons. The van der Waals surface area contributed by atoms with Crippen molar-refractivity contribution in [3.8, 4) is 0 Å². The topological polar surface area (TPSA) is 45.6 Å². The van der Waals surface area contributed by atoms with Crippen LogP contribution >= 0.6 is 0 Å². The van der Waals surface area contributed by atoms with Gasteiger partial charge in [-0.3, -0.25) is 4.98 Å². The van der Waals surface area contributed by atoms with Crippen LogP contribution in [0.15, 0.2) is 36.5 Å². The van der Waals surface area contributed by atoms with Gasteiger partial charge in [0.15, 0.2) is 0 Å². The minimum atomic E-state index is -0.108. The number of aromatic nitrogens is 1. The van der Waals surface area contributed by atoms with Crippen molar-refractivity contribution in [2.75, 3.05) is 24.7 Å². The van der Waals surface area contributed by atoms with E-state index in [1.165, 1.54) is 5.69 Å². The number of nitrogens with zero attached hydrogens (tertiary/aromatic N) is 2. The number of benzene rings is 1. The molecule has 1 aliphatic rings. The van der Waals surface area contributed by atoms with E-state index in [1.807, 2.05) is 30.5 Å². The maximum Gasteiger partial charge on any atom is 0.0981 e. The largest absolute Gasteiger partial charge is 0.394 e. The van der Waals surface area contributed by atoms with E-state index in [9.17, 15) is 5.11 Å². The van der Waals surface area contributed by atoms with Gasteiger partial charge in [-0.2, -0.15) is 0 Å². The number of rotatable bonds is 2. The van der Waals surface area contributed by atoms with E-state index in [1.54, 1.807) is 0 Å². The van der Waals surface area contributed by atoms with E-state index < -0.39 is 0 Å². The lowest BCUT2D eigenvalue weighted by Gasteiger charge is -2.39. The highest BCUT2D eigenvalue weighted by Gasteiger charge is 2.26. The van der Waals surface area contributed by atoms with Crippen molar-refractivity contribution in [3.63, 3.8) is 0 Å². The van der Waals surface area contributed by atoms with Gasteiger partial charge in [-0.15, -0.1) is 0 Å². The van der Waals surface area contributed by atoms with Crippen molar-refractivity contribution in [1.82, 2.24) is 4.98 Å². The number of fused-ring (bicyclic) bond motifs is 1. The van der Waals surface area contributed by atoms with Gasteiger partial charge in [0.25, 0.3) is 0 Å². The minimum absolute atomic E-state index is 0.0617. The number of morpholine rings is 1. The summed E-state index contributed by atoms with van der Waals surface area (Å²) in [6, 6.07) is 10.5. The van der Waals surface area contributed by atoms with E-state index in [0.717, 1.165) is 10.9 Å². The first kappa shape index (κ1) is 12.4. The van der Waals surface area contributed by atoms with Gasteiger partial charge in [-0.1, -0.05) is 18.2 Å². The van der Waals surface area contributed by atoms with Crippen LogP contribution in [-0.4, -0.2) is 42.0 Å². The standard InChI is InChI=1S/C15H18N2O2/c1-11-10-19-12(9-18)8-17(11)15-6-7-16-14-5-3-2-4-13(14)15/h2-7,11-12,18H,8-10H2,1H3. The molecule has 19 heavy (non-hydrogen) atoms. The zero-order chi connectivity index (χ0) is 13.2. The molecule has 0 aliphatic carbocycles. The minimum Gasteiger partial charge on any atom is -0.394 e. The molecule has 4 heteroatoms. The molecule has 1 aliphatic heterocycles. The summed E-state index contributed by atoms with van der Waals surface area (Å²) in [5, 5.41) is 10.4. The van der Waals surface area contributed by atoms with E-state index in [-0.39, 0.29) is 12.7 Å². The average Bonchev–Trinajstić information content (AvgIpc) is 2.47. The fraction of sp³-hybridized carbons (Fsp3) is 0.400. The Bertz CT molecular complexity index is 568. The molecule has 0 amide bonds. The molecule has 0 bridgehead atoms. The van der Waals surface area contributed by atoms with Crippen molar-refractivity contribution in [1.29, 1.82) is 0 Å². The Kier molecular flexibility index (Phi) is 3.36. The van der Waals surface area contributed by atoms with Crippen LogP contribution in [0.4, 0.5) is 5.69 Å². The fourth-order valence-corrected chi connectivity index (χ4v) is 2.59. The second-order valence-electron chi connectivity index (χ2n) is 4.99. The van der Waals surface area contributed by atoms with E-state index in [0.29, 0.717) is 19.2 Å². The fourth-order valence-electron chi connectivity index (χ4n) is 2.59. The first-order chi connectivity index (χ1) is 9.29. The Labute approximate surface area is 112 Å². The molecule has 1 N–H and O–H groups in total. The van der Waals surface area contributed by atoms with Crippen LogP contribution in [0.2, 0.25) is 0 Å². The predicted octanol–water partition coefficient (Wildman–Crippen LogP) is 1.82. The first-order valence-electron chi connectivity index (χ1n) is 6.62. The van der Waals surface area contributed by atoms with Crippen molar-refractivity contribution in [3.05, 3.63) is 36.5 Å². The summed E-state index contributed by atoms with van der Waals surface area (Å²) < 4.78 is 5.60. The molecule has 1 aromatic heterocycles. The maximum atomic E-state index is 9.29. The van der Waals surface area contributed by atoms with Crippen LogP contribution in [-0.2, 0) is 4.74 Å². The second-order valence-corrected chi connectivity index (χ2v) is 4.99. The van der Waals surface area contributed by atoms with E-state index >= 15 is 0 Å². The maximum absolute atomic E-state index is 9.29. The number of ether oxygens (including phenoxy) is 1. The molecule has 2 atom stereocenters. The highest BCUT2D eigenvalue weighted by Crippen LogP contribution is 2.28. The van der Waals surface area contributed by atoms with Gasteiger partial charge >= 0.3 is 0 Å². The summed E-state index contributed by atoms with van der Waals surface area (Å²) in [7, 11) is 0. The third-order valence-electron chi connectivity index (χ3n) is 3.64. The highest BCUT2D eigenvalue weighted by atomic mass is 16.5. The average molecular weight is 258 g/mol. The Morgan fingerprint density at radius 3 is 3.05 bits per heavy atom. The van der Waals surface area contributed by atoms with Gasteiger partial charge in [-0.05, 0) is 19.1 Å². The molecule has 0 saturated carbocycles. The number of hydrogen-bond donors (Lipinski definition) is 1. The summed E-state index contributed by atoms with van der Waals surface area (Å²) in [5.74, 6) is 0. The van der Waals surface area contributed by atoms with Gasteiger partial charge in [0, 0.05) is 29.9 Å². The molecule has 3 rings (SSSR count). The molecule has 2 heterocycles. The third kappa shape index (κ3) is 2.29. The van der Waals surface area contributed by atoms with E-state index in [2.05, 4.69) is 22.9 Å². The molecular formula is C15H18N2O2. The van der Waals surface area contributed by atoms with Crippen molar-refractivity contribution >= 4 is 16.6 Å². The van der Waals surface area contributed by atoms with Gasteiger partial charge in [0.05, 0.1) is 24.8 Å². The van der Waals surface area contributed by atoms with Gasteiger partial charge in [0.2, 0.25) is 0 Å². The van der Waals surface area contributed by atoms with Crippen LogP contribution in [0, 0.1) is 0 Å². The van der Waals surface area contributed by atoms with Crippen molar-refractivity contribution < 1.29 is 9.84 Å². The molecule has 2 aromatic rings. The van der Waals surface area contributed by atoms with Crippen LogP contribution in [0.5, 0.6) is 0 Å². The lowest BCUT2D eigenvalue weighted by atomic mass is 10.1. The number of pyridine rings is 1. The third-order valence-corrected chi connectivity index (χ3v) is 3.64. The first-order valence-corrected chi connectivity index (χ1v) is 6.62. The quantitative estimate of drug-likeness (QED) is 0.892. The van der Waals surface area contributed by atoms with Crippen molar-refractivity contribution in [2.45, 2.75) is 19.1 Å². The predicted molar refractivity (Wildman–Crippen MR) is 75.4 cm³/mol. The monoisotopic (exact) mass is 258 g/mol. The Morgan fingerprint density at radius 2 is 2.21 bits per heavy atom. The molecule has 0 spiro atoms. The highest BCUT2D eigenvalue weighted by molar-refractivity contribution is 5.91. The SMILES string of the molecule is CC1COC(CO)CN1c1ccnc2ccccc12. The molecule has 1 fully saturated rings. The van der Waals surface area contributed by atoms with Crippen LogP contribution in [0.1, 0.15) is 6.92 Å². The van der Waals surface area contributed by atoms with Gasteiger partial charge in [0.1, 0.15) is 0 Å². The van der Waals surface area contributed by atoms with Crippen molar-refractivity contribution in [2.24, 2.45) is 0 Å². The second kappa shape index (κ2) is 5.15. The molecular weight excluding hydrogens is 240 g/mol. The zero-order valence-corrected chi connectivity index (χ0v) is 11.0. The van der Waals surface area contributed by atoms with Gasteiger partial charge in [-0.25, -0.2) is 0 Å². The van der Waals surface area contributed by atoms with Crippen LogP contribution < -0.4 is 4.90 Å². The molecule has 4 nitrogen and oxygen atoms in total. The lowest BCUT2D eigenvalue weighted by Crippen LogP contribution is -2.49. The summed E-state index contributed by atoms with van der Waals surface area (Å²) in [6.45, 7) is 3.56. The van der Waals surface area contributed by atoms with Crippen LogP contribution in [0.25, 0.3) is 10.9 Å². The summed E-state index contributed by atoms with van der Waals surface area (Å²) >= 11 is 0. The Hall–Kier alpha value is -1.65. The number of hydrogen-bond acceptors (Lipinski definition) is 4. The summed E-state index contributed by atoms with van der Waals surface area (Å²) in [6.07, 6.45) is 1.73. The van der Waals surface area contributed by atoms with Crippen LogP contribution in [0.3, 0.4) is 0 Å². The van der Waals surface area contributed by atoms with Gasteiger partial charge < -0.3 is 14.7 Å². The van der Waals surface area contributed by atoms with E-state index in [4.69, 9.17) is 4.74 Å². The number of anilines is 1. The Balaban J connectivity index is 2.02. The Morgan fingerprint density at radius 1 is 1.37 bits per heavy atom. The summed E-state index contributed by atoms with van der Waals surface area (Å²) in [5.41, 5.74) is 2.17. The lowest BCUT2D eigenvalue weighted by molar-refractivity contribution is -0.0102. The molecule has 1 aromatic carbocycles. The normalized spacial score (nSPS) is 23.8.